The second-order valence-corrected chi connectivity index (χ2v) is 2.63. The molecule has 12 heavy (non-hydrogen) atoms. The molecule has 1 rings (SSSR count). The molecule has 0 fully saturated rings. The van der Waals surface area contributed by atoms with Crippen LogP contribution in [0.15, 0.2) is 24.3 Å². The molecular formula is C10H12NO. The number of hydrogen-bond donors (Lipinski definition) is 0. The zero-order chi connectivity index (χ0) is 8.97. The number of rotatable bonds is 3. The maximum absolute atomic E-state index is 10.5. The van der Waals surface area contributed by atoms with Gasteiger partial charge in [0.05, 0.1) is 0 Å². The normalized spacial score (nSPS) is 9.50. The summed E-state index contributed by atoms with van der Waals surface area (Å²) in [4.78, 5) is 12.5. The van der Waals surface area contributed by atoms with Gasteiger partial charge in [0.2, 0.25) is 6.29 Å². The summed E-state index contributed by atoms with van der Waals surface area (Å²) in [5.74, 6) is 0. The summed E-state index contributed by atoms with van der Waals surface area (Å²) in [6.45, 7) is 2.93. The second-order valence-electron chi connectivity index (χ2n) is 2.63. The molecule has 0 unspecified atom stereocenters. The molecule has 63 valence electrons. The van der Waals surface area contributed by atoms with Crippen molar-refractivity contribution in [3.05, 3.63) is 29.8 Å². The predicted octanol–water partition coefficient (Wildman–Crippen LogP) is 1.60. The van der Waals surface area contributed by atoms with Gasteiger partial charge in [-0.25, -0.2) is 0 Å². The molecule has 2 heteroatoms. The summed E-state index contributed by atoms with van der Waals surface area (Å²) in [5.41, 5.74) is 1.57. The zero-order valence-electron chi connectivity index (χ0n) is 7.37. The molecule has 0 aliphatic rings. The highest BCUT2D eigenvalue weighted by Crippen LogP contribution is 2.16. The first-order chi connectivity index (χ1) is 5.79. The third-order valence-corrected chi connectivity index (χ3v) is 1.90. The van der Waals surface area contributed by atoms with Crippen LogP contribution in [0.2, 0.25) is 0 Å². The third kappa shape index (κ3) is 1.64. The zero-order valence-corrected chi connectivity index (χ0v) is 7.37. The van der Waals surface area contributed by atoms with Gasteiger partial charge in [-0.3, -0.25) is 4.79 Å². The quantitative estimate of drug-likeness (QED) is 0.672. The molecule has 0 atom stereocenters. The van der Waals surface area contributed by atoms with Gasteiger partial charge in [-0.1, -0.05) is 12.1 Å². The topological polar surface area (TPSA) is 20.3 Å². The lowest BCUT2D eigenvalue weighted by Gasteiger charge is -2.17. The lowest BCUT2D eigenvalue weighted by molar-refractivity contribution is 0.562. The first kappa shape index (κ1) is 8.78. The lowest BCUT2D eigenvalue weighted by Crippen LogP contribution is -2.17. The van der Waals surface area contributed by atoms with Gasteiger partial charge in [0.25, 0.3) is 0 Å². The fourth-order valence-corrected chi connectivity index (χ4v) is 1.06. The SMILES string of the molecule is CCN(C)c1ccccc1[C]=O. The Morgan fingerprint density at radius 1 is 1.42 bits per heavy atom. The van der Waals surface area contributed by atoms with Gasteiger partial charge in [0.15, 0.2) is 0 Å². The minimum absolute atomic E-state index is 0.627. The second kappa shape index (κ2) is 3.90. The number of para-hydroxylation sites is 1. The summed E-state index contributed by atoms with van der Waals surface area (Å²) < 4.78 is 0. The Morgan fingerprint density at radius 2 is 2.08 bits per heavy atom. The van der Waals surface area contributed by atoms with Gasteiger partial charge in [-0.15, -0.1) is 0 Å². The smallest absolute Gasteiger partial charge is 0.235 e. The molecule has 0 bridgehead atoms. The average molecular weight is 162 g/mol. The summed E-state index contributed by atoms with van der Waals surface area (Å²) in [6.07, 6.45) is 1.92. The van der Waals surface area contributed by atoms with E-state index in [0.29, 0.717) is 5.56 Å². The van der Waals surface area contributed by atoms with Gasteiger partial charge >= 0.3 is 0 Å². The number of hydrogen-bond acceptors (Lipinski definition) is 2. The largest absolute Gasteiger partial charge is 0.374 e. The van der Waals surface area contributed by atoms with Crippen LogP contribution in [0.4, 0.5) is 5.69 Å². The van der Waals surface area contributed by atoms with Gasteiger partial charge in [-0.05, 0) is 19.1 Å². The van der Waals surface area contributed by atoms with Crippen molar-refractivity contribution in [3.8, 4) is 0 Å². The van der Waals surface area contributed by atoms with E-state index in [9.17, 15) is 4.79 Å². The van der Waals surface area contributed by atoms with Crippen molar-refractivity contribution in [2.45, 2.75) is 6.92 Å². The van der Waals surface area contributed by atoms with Crippen LogP contribution < -0.4 is 4.90 Å². The average Bonchev–Trinajstić information content (AvgIpc) is 2.16. The van der Waals surface area contributed by atoms with Crippen LogP contribution in [-0.2, 0) is 4.79 Å². The minimum atomic E-state index is 0.627. The summed E-state index contributed by atoms with van der Waals surface area (Å²) in [5, 5.41) is 0. The van der Waals surface area contributed by atoms with Crippen molar-refractivity contribution in [1.82, 2.24) is 0 Å². The van der Waals surface area contributed by atoms with Gasteiger partial charge in [0, 0.05) is 24.8 Å². The molecular weight excluding hydrogens is 150 g/mol. The number of nitrogens with zero attached hydrogens (tertiary/aromatic N) is 1. The van der Waals surface area contributed by atoms with Crippen LogP contribution in [0.25, 0.3) is 0 Å². The van der Waals surface area contributed by atoms with Crippen molar-refractivity contribution >= 4 is 12.0 Å². The number of anilines is 1. The molecule has 0 aliphatic carbocycles. The Bertz CT molecular complexity index is 270. The molecule has 0 saturated heterocycles. The Hall–Kier alpha value is -1.31. The molecule has 1 aromatic rings. The van der Waals surface area contributed by atoms with Crippen LogP contribution in [0.3, 0.4) is 0 Å². The first-order valence-corrected chi connectivity index (χ1v) is 3.98. The van der Waals surface area contributed by atoms with Crippen LogP contribution >= 0.6 is 0 Å². The van der Waals surface area contributed by atoms with Crippen LogP contribution in [0.1, 0.15) is 12.5 Å². The molecule has 1 radical (unpaired) electrons. The lowest BCUT2D eigenvalue weighted by atomic mass is 10.2. The maximum Gasteiger partial charge on any atom is 0.235 e. The van der Waals surface area contributed by atoms with Crippen LogP contribution in [0.5, 0.6) is 0 Å². The number of benzene rings is 1. The Labute approximate surface area is 72.8 Å². The molecule has 0 amide bonds. The summed E-state index contributed by atoms with van der Waals surface area (Å²) in [6, 6.07) is 7.45. The van der Waals surface area contributed by atoms with E-state index in [0.717, 1.165) is 12.2 Å². The van der Waals surface area contributed by atoms with E-state index < -0.39 is 0 Å². The van der Waals surface area contributed by atoms with Crippen molar-refractivity contribution in [2.75, 3.05) is 18.5 Å². The molecule has 2 nitrogen and oxygen atoms in total. The molecule has 0 aromatic heterocycles. The van der Waals surface area contributed by atoms with E-state index in [1.54, 1.807) is 6.07 Å². The van der Waals surface area contributed by atoms with E-state index >= 15 is 0 Å². The van der Waals surface area contributed by atoms with Crippen molar-refractivity contribution in [3.63, 3.8) is 0 Å². The molecule has 0 heterocycles. The minimum Gasteiger partial charge on any atom is -0.374 e. The van der Waals surface area contributed by atoms with Crippen molar-refractivity contribution in [1.29, 1.82) is 0 Å². The standard InChI is InChI=1S/C10H12NO/c1-3-11(2)10-7-5-4-6-9(10)8-12/h4-7H,3H2,1-2H3. The maximum atomic E-state index is 10.5. The Morgan fingerprint density at radius 3 is 2.67 bits per heavy atom. The van der Waals surface area contributed by atoms with Gasteiger partial charge in [0.1, 0.15) is 0 Å². The van der Waals surface area contributed by atoms with E-state index in [1.165, 1.54) is 0 Å². The summed E-state index contributed by atoms with van der Waals surface area (Å²) >= 11 is 0. The van der Waals surface area contributed by atoms with Crippen LogP contribution in [-0.4, -0.2) is 19.9 Å². The Kier molecular flexibility index (Phi) is 2.86. The van der Waals surface area contributed by atoms with Crippen molar-refractivity contribution < 1.29 is 4.79 Å². The first-order valence-electron chi connectivity index (χ1n) is 3.98. The number of carbonyl (C=O) groups excluding carboxylic acids is 1. The third-order valence-electron chi connectivity index (χ3n) is 1.90. The van der Waals surface area contributed by atoms with Gasteiger partial charge < -0.3 is 4.90 Å². The highest BCUT2D eigenvalue weighted by atomic mass is 16.1. The van der Waals surface area contributed by atoms with Crippen LogP contribution in [0, 0.1) is 0 Å². The van der Waals surface area contributed by atoms with E-state index in [1.807, 2.05) is 43.4 Å². The fourth-order valence-electron chi connectivity index (χ4n) is 1.06. The molecule has 0 saturated carbocycles. The van der Waals surface area contributed by atoms with E-state index in [-0.39, 0.29) is 0 Å². The monoisotopic (exact) mass is 162 g/mol. The van der Waals surface area contributed by atoms with E-state index in [2.05, 4.69) is 0 Å². The molecule has 0 N–H and O–H groups in total. The predicted molar refractivity (Wildman–Crippen MR) is 50.2 cm³/mol. The van der Waals surface area contributed by atoms with Crippen molar-refractivity contribution in [2.24, 2.45) is 0 Å². The summed E-state index contributed by atoms with van der Waals surface area (Å²) in [7, 11) is 1.95. The Balaban J connectivity index is 3.04. The molecule has 0 spiro atoms. The van der Waals surface area contributed by atoms with E-state index in [4.69, 9.17) is 0 Å². The fraction of sp³-hybridized carbons (Fsp3) is 0.300. The molecule has 1 aromatic carbocycles. The van der Waals surface area contributed by atoms with Gasteiger partial charge in [-0.2, -0.15) is 0 Å². The molecule has 0 aliphatic heterocycles. The highest BCUT2D eigenvalue weighted by molar-refractivity contribution is 5.84. The highest BCUT2D eigenvalue weighted by Gasteiger charge is 2.03.